The minimum Gasteiger partial charge on any atom is -0.756 e. The van der Waals surface area contributed by atoms with Crippen LogP contribution in [-0.4, -0.2) is 68.5 Å². The number of carbonyl (C=O) groups excluding carboxylic acids is 1. The van der Waals surface area contributed by atoms with Crippen LogP contribution in [0.2, 0.25) is 0 Å². The third kappa shape index (κ3) is 37.3. The van der Waals surface area contributed by atoms with E-state index < -0.39 is 20.0 Å². The number of quaternary nitrogens is 1. The first kappa shape index (κ1) is 51.0. The second kappa shape index (κ2) is 35.7. The molecule has 0 fully saturated rings. The fourth-order valence-corrected chi connectivity index (χ4v) is 6.91. The molecule has 0 spiro atoms. The molecule has 1 amide bonds. The lowest BCUT2D eigenvalue weighted by atomic mass is 10.0. The van der Waals surface area contributed by atoms with Crippen LogP contribution in [0.1, 0.15) is 194 Å². The summed E-state index contributed by atoms with van der Waals surface area (Å²) in [5.74, 6) is -0.172. The lowest BCUT2D eigenvalue weighted by Gasteiger charge is -2.30. The fourth-order valence-electron chi connectivity index (χ4n) is 6.19. The van der Waals surface area contributed by atoms with E-state index in [1.54, 1.807) is 0 Å². The van der Waals surface area contributed by atoms with E-state index in [1.165, 1.54) is 122 Å². The van der Waals surface area contributed by atoms with E-state index in [9.17, 15) is 19.4 Å². The highest BCUT2D eigenvalue weighted by molar-refractivity contribution is 7.45. The normalized spacial score (nSPS) is 14.7. The largest absolute Gasteiger partial charge is 0.756 e. The van der Waals surface area contributed by atoms with E-state index in [2.05, 4.69) is 43.5 Å². The molecule has 0 rings (SSSR count). The first-order valence-corrected chi connectivity index (χ1v) is 23.1. The van der Waals surface area contributed by atoms with Crippen molar-refractivity contribution in [3.8, 4) is 0 Å². The Kier molecular flexibility index (Phi) is 35.0. The summed E-state index contributed by atoms with van der Waals surface area (Å²) in [7, 11) is 1.30. The Labute approximate surface area is 322 Å². The number of hydrogen-bond acceptors (Lipinski definition) is 6. The maximum absolute atomic E-state index is 12.8. The van der Waals surface area contributed by atoms with E-state index in [1.807, 2.05) is 21.1 Å². The van der Waals surface area contributed by atoms with Crippen molar-refractivity contribution in [2.75, 3.05) is 40.9 Å². The molecular formula is C43H85N2O6P. The van der Waals surface area contributed by atoms with Gasteiger partial charge in [0.05, 0.1) is 39.9 Å². The lowest BCUT2D eigenvalue weighted by molar-refractivity contribution is -0.870. The summed E-state index contributed by atoms with van der Waals surface area (Å²) in [6, 6.07) is -0.796. The lowest BCUT2D eigenvalue weighted by Crippen LogP contribution is -2.46. The molecule has 0 heterocycles. The Morgan fingerprint density at radius 1 is 0.673 bits per heavy atom. The van der Waals surface area contributed by atoms with Crippen LogP contribution in [-0.2, 0) is 18.4 Å². The van der Waals surface area contributed by atoms with Crippen LogP contribution in [0.15, 0.2) is 24.3 Å². The molecule has 9 heteroatoms. The predicted octanol–water partition coefficient (Wildman–Crippen LogP) is 11.1. The van der Waals surface area contributed by atoms with Gasteiger partial charge in [-0.1, -0.05) is 167 Å². The van der Waals surface area contributed by atoms with Crippen molar-refractivity contribution < 1.29 is 32.9 Å². The minimum absolute atomic E-state index is 0.0118. The average molecular weight is 757 g/mol. The number of phosphoric acid groups is 1. The number of nitrogens with one attached hydrogen (secondary N) is 1. The number of nitrogens with zero attached hydrogens (tertiary/aromatic N) is 1. The van der Waals surface area contributed by atoms with Crippen LogP contribution in [0.3, 0.4) is 0 Å². The molecule has 0 aliphatic rings. The molecule has 0 radical (unpaired) electrons. The molecule has 0 aromatic heterocycles. The Bertz CT molecular complexity index is 907. The van der Waals surface area contributed by atoms with Crippen LogP contribution in [0, 0.1) is 0 Å². The van der Waals surface area contributed by atoms with E-state index in [0.29, 0.717) is 23.9 Å². The van der Waals surface area contributed by atoms with Crippen LogP contribution in [0.5, 0.6) is 0 Å². The number of likely N-dealkylation sites (N-methyl/N-ethyl adjacent to an activating group) is 1. The highest BCUT2D eigenvalue weighted by atomic mass is 31.2. The second-order valence-electron chi connectivity index (χ2n) is 16.1. The van der Waals surface area contributed by atoms with Crippen molar-refractivity contribution in [3.05, 3.63) is 24.3 Å². The maximum Gasteiger partial charge on any atom is 0.268 e. The summed E-state index contributed by atoms with van der Waals surface area (Å²) in [6.07, 6.45) is 40.6. The van der Waals surface area contributed by atoms with Crippen molar-refractivity contribution in [1.29, 1.82) is 0 Å². The van der Waals surface area contributed by atoms with Gasteiger partial charge in [0.1, 0.15) is 13.2 Å². The molecule has 0 aromatic rings. The molecule has 0 aliphatic carbocycles. The van der Waals surface area contributed by atoms with Gasteiger partial charge in [-0.2, -0.15) is 0 Å². The van der Waals surface area contributed by atoms with Gasteiger partial charge in [-0.05, 0) is 44.9 Å². The van der Waals surface area contributed by atoms with Crippen LogP contribution in [0.4, 0.5) is 0 Å². The third-order valence-corrected chi connectivity index (χ3v) is 10.7. The SMILES string of the molecule is CCCCCCC/C=C\C/C=C\CCCCCCCCCCCCCC(=O)NC(COP(=O)([O-])OCC[N+](C)(C)C)C(O)CCCCCCCCC. The predicted molar refractivity (Wildman–Crippen MR) is 219 cm³/mol. The smallest absolute Gasteiger partial charge is 0.268 e. The van der Waals surface area contributed by atoms with Gasteiger partial charge in [0, 0.05) is 6.42 Å². The number of carbonyl (C=O) groups is 1. The summed E-state index contributed by atoms with van der Waals surface area (Å²) in [4.78, 5) is 25.2. The molecule has 0 saturated carbocycles. The second-order valence-corrected chi connectivity index (χ2v) is 17.5. The maximum atomic E-state index is 12.8. The Morgan fingerprint density at radius 2 is 1.12 bits per heavy atom. The number of unbranched alkanes of at least 4 members (excludes halogenated alkanes) is 22. The number of amides is 1. The zero-order valence-electron chi connectivity index (χ0n) is 34.8. The zero-order chi connectivity index (χ0) is 38.6. The number of hydrogen-bond donors (Lipinski definition) is 2. The van der Waals surface area contributed by atoms with Gasteiger partial charge in [0.15, 0.2) is 0 Å². The van der Waals surface area contributed by atoms with Crippen LogP contribution < -0.4 is 10.2 Å². The molecule has 3 atom stereocenters. The first-order chi connectivity index (χ1) is 25.0. The molecule has 308 valence electrons. The van der Waals surface area contributed by atoms with Gasteiger partial charge in [-0.15, -0.1) is 0 Å². The Morgan fingerprint density at radius 3 is 1.60 bits per heavy atom. The standard InChI is InChI=1S/C43H85N2O6P/c1-6-8-10-12-14-15-16-17-18-19-20-21-22-23-24-25-26-27-28-29-31-33-35-37-43(47)44-41(42(46)36-34-32-30-13-11-9-7-2)40-51-52(48,49)50-39-38-45(3,4)5/h16-17,19-20,41-42,46H,6-15,18,21-40H2,1-5H3,(H-,44,47,48,49)/b17-16-,20-19-. The highest BCUT2D eigenvalue weighted by Gasteiger charge is 2.24. The Balaban J connectivity index is 4.13. The van der Waals surface area contributed by atoms with E-state index in [4.69, 9.17) is 9.05 Å². The molecule has 0 saturated heterocycles. The van der Waals surface area contributed by atoms with Crippen molar-refractivity contribution in [3.63, 3.8) is 0 Å². The summed E-state index contributed by atoms with van der Waals surface area (Å²) in [5.41, 5.74) is 0. The van der Waals surface area contributed by atoms with Crippen LogP contribution in [0.25, 0.3) is 0 Å². The van der Waals surface area contributed by atoms with Crippen molar-refractivity contribution in [1.82, 2.24) is 5.32 Å². The number of allylic oxidation sites excluding steroid dienone is 4. The van der Waals surface area contributed by atoms with Crippen molar-refractivity contribution in [2.45, 2.75) is 206 Å². The van der Waals surface area contributed by atoms with Gasteiger partial charge < -0.3 is 28.8 Å². The molecule has 8 nitrogen and oxygen atoms in total. The van der Waals surface area contributed by atoms with E-state index in [0.717, 1.165) is 44.9 Å². The fraction of sp³-hybridized carbons (Fsp3) is 0.884. The van der Waals surface area contributed by atoms with Gasteiger partial charge in [-0.25, -0.2) is 0 Å². The Hall–Kier alpha value is -1.02. The molecular weight excluding hydrogens is 671 g/mol. The van der Waals surface area contributed by atoms with Gasteiger partial charge in [0.25, 0.3) is 7.82 Å². The summed E-state index contributed by atoms with van der Waals surface area (Å²) in [5, 5.41) is 13.8. The number of aliphatic hydroxyl groups excluding tert-OH is 1. The molecule has 2 N–H and O–H groups in total. The first-order valence-electron chi connectivity index (χ1n) is 21.7. The molecule has 0 aromatic carbocycles. The summed E-state index contributed by atoms with van der Waals surface area (Å²) < 4.78 is 23.1. The summed E-state index contributed by atoms with van der Waals surface area (Å²) in [6.45, 7) is 4.65. The molecule has 0 aliphatic heterocycles. The third-order valence-electron chi connectivity index (χ3n) is 9.69. The molecule has 52 heavy (non-hydrogen) atoms. The van der Waals surface area contributed by atoms with Gasteiger partial charge in [0.2, 0.25) is 5.91 Å². The van der Waals surface area contributed by atoms with E-state index in [-0.39, 0.29) is 19.1 Å². The average Bonchev–Trinajstić information content (AvgIpc) is 3.09. The monoisotopic (exact) mass is 757 g/mol. The number of phosphoric ester groups is 1. The van der Waals surface area contributed by atoms with Gasteiger partial charge in [-0.3, -0.25) is 9.36 Å². The van der Waals surface area contributed by atoms with Crippen LogP contribution >= 0.6 is 7.82 Å². The highest BCUT2D eigenvalue weighted by Crippen LogP contribution is 2.38. The molecule has 3 unspecified atom stereocenters. The number of rotatable bonds is 39. The van der Waals surface area contributed by atoms with Crippen molar-refractivity contribution in [2.24, 2.45) is 0 Å². The topological polar surface area (TPSA) is 108 Å². The minimum atomic E-state index is -4.55. The zero-order valence-corrected chi connectivity index (χ0v) is 35.7. The van der Waals surface area contributed by atoms with E-state index >= 15 is 0 Å². The molecule has 0 bridgehead atoms. The summed E-state index contributed by atoms with van der Waals surface area (Å²) >= 11 is 0. The number of aliphatic hydroxyl groups is 1. The quantitative estimate of drug-likeness (QED) is 0.0280. The van der Waals surface area contributed by atoms with Gasteiger partial charge >= 0.3 is 0 Å². The van der Waals surface area contributed by atoms with Crippen molar-refractivity contribution >= 4 is 13.7 Å².